The third-order valence-electron chi connectivity index (χ3n) is 5.44. The fourth-order valence-corrected chi connectivity index (χ4v) is 4.17. The van der Waals surface area contributed by atoms with Crippen LogP contribution < -0.4 is 5.32 Å². The maximum absolute atomic E-state index is 13.5. The normalized spacial score (nSPS) is 23.5. The number of carbonyl (C=O) groups is 1. The predicted molar refractivity (Wildman–Crippen MR) is 97.5 cm³/mol. The average Bonchev–Trinajstić information content (AvgIpc) is 2.62. The van der Waals surface area contributed by atoms with Crippen LogP contribution >= 0.6 is 0 Å². The van der Waals surface area contributed by atoms with Crippen LogP contribution in [0.2, 0.25) is 0 Å². The van der Waals surface area contributed by atoms with Gasteiger partial charge < -0.3 is 15.0 Å². The molecule has 1 N–H and O–H groups in total. The standard InChI is InChI=1S/C20H20F3N3O2/c1-11-2-3-14(5-18(11)12-4-13(21)10-24-9-12)25-20(27)26-15-6-16(26)8-17(7-15)28-19(22)23/h2-5,9-10,15-17,19H,6-8H2,1H3,(H,25,27)/t15-,16?,17-/m0/s1. The Morgan fingerprint density at radius 1 is 1.21 bits per heavy atom. The van der Waals surface area contributed by atoms with Crippen LogP contribution in [-0.4, -0.2) is 40.7 Å². The molecule has 28 heavy (non-hydrogen) atoms. The van der Waals surface area contributed by atoms with E-state index in [2.05, 4.69) is 15.0 Å². The number of anilines is 1. The van der Waals surface area contributed by atoms with E-state index in [0.29, 0.717) is 24.1 Å². The van der Waals surface area contributed by atoms with E-state index in [-0.39, 0.29) is 18.1 Å². The second-order valence-electron chi connectivity index (χ2n) is 7.29. The number of aryl methyl sites for hydroxylation is 1. The number of urea groups is 1. The lowest BCUT2D eigenvalue weighted by atomic mass is 9.78. The third kappa shape index (κ3) is 3.69. The number of amides is 2. The van der Waals surface area contributed by atoms with E-state index < -0.39 is 18.5 Å². The highest BCUT2D eigenvalue weighted by molar-refractivity contribution is 5.91. The summed E-state index contributed by atoms with van der Waals surface area (Å²) in [5.74, 6) is -0.430. The molecule has 1 unspecified atom stereocenters. The first kappa shape index (κ1) is 18.7. The number of hydrogen-bond acceptors (Lipinski definition) is 3. The second kappa shape index (κ2) is 7.43. The SMILES string of the molecule is Cc1ccc(NC(=O)N2C3C[C@@H](OC(F)F)C[C@@H]2C3)cc1-c1cncc(F)c1. The number of ether oxygens (including phenoxy) is 1. The molecule has 0 saturated carbocycles. The number of piperidine rings is 1. The van der Waals surface area contributed by atoms with Crippen molar-refractivity contribution in [3.05, 3.63) is 48.0 Å². The molecule has 2 saturated heterocycles. The molecule has 8 heteroatoms. The minimum atomic E-state index is -2.78. The molecule has 2 aliphatic heterocycles. The largest absolute Gasteiger partial charge is 0.345 e. The van der Waals surface area contributed by atoms with Gasteiger partial charge in [0.1, 0.15) is 5.82 Å². The molecule has 148 valence electrons. The molecule has 2 aliphatic rings. The van der Waals surface area contributed by atoms with E-state index >= 15 is 0 Å². The summed E-state index contributed by atoms with van der Waals surface area (Å²) in [5, 5.41) is 2.86. The van der Waals surface area contributed by atoms with E-state index in [1.54, 1.807) is 23.2 Å². The van der Waals surface area contributed by atoms with E-state index in [0.717, 1.165) is 23.7 Å². The Morgan fingerprint density at radius 3 is 2.64 bits per heavy atom. The first-order valence-electron chi connectivity index (χ1n) is 9.15. The molecule has 4 rings (SSSR count). The lowest BCUT2D eigenvalue weighted by molar-refractivity contribution is -0.193. The quantitative estimate of drug-likeness (QED) is 0.831. The molecule has 3 atom stereocenters. The van der Waals surface area contributed by atoms with Crippen molar-refractivity contribution in [2.24, 2.45) is 0 Å². The number of halogens is 3. The highest BCUT2D eigenvalue weighted by Gasteiger charge is 2.48. The zero-order chi connectivity index (χ0) is 19.8. The van der Waals surface area contributed by atoms with Crippen molar-refractivity contribution in [2.75, 3.05) is 5.32 Å². The summed E-state index contributed by atoms with van der Waals surface area (Å²) in [7, 11) is 0. The molecular formula is C20H20F3N3O2. The van der Waals surface area contributed by atoms with Crippen LogP contribution in [0.25, 0.3) is 11.1 Å². The Labute approximate surface area is 160 Å². The van der Waals surface area contributed by atoms with Gasteiger partial charge in [-0.3, -0.25) is 4.98 Å². The van der Waals surface area contributed by atoms with Crippen LogP contribution in [0.4, 0.5) is 23.7 Å². The average molecular weight is 391 g/mol. The van der Waals surface area contributed by atoms with Crippen LogP contribution in [0.15, 0.2) is 36.7 Å². The third-order valence-corrected chi connectivity index (χ3v) is 5.44. The topological polar surface area (TPSA) is 54.5 Å². The fourth-order valence-electron chi connectivity index (χ4n) is 4.17. The number of hydrogen-bond donors (Lipinski definition) is 1. The van der Waals surface area contributed by atoms with Gasteiger partial charge in [0.25, 0.3) is 0 Å². The van der Waals surface area contributed by atoms with Gasteiger partial charge >= 0.3 is 12.6 Å². The van der Waals surface area contributed by atoms with Crippen molar-refractivity contribution in [1.29, 1.82) is 0 Å². The van der Waals surface area contributed by atoms with Crippen LogP contribution in [0.1, 0.15) is 24.8 Å². The molecule has 0 aliphatic carbocycles. The van der Waals surface area contributed by atoms with Crippen molar-refractivity contribution in [2.45, 2.75) is 51.0 Å². The molecular weight excluding hydrogens is 371 g/mol. The van der Waals surface area contributed by atoms with Crippen LogP contribution in [0.3, 0.4) is 0 Å². The summed E-state index contributed by atoms with van der Waals surface area (Å²) in [5.41, 5.74) is 2.92. The predicted octanol–water partition coefficient (Wildman–Crippen LogP) is 4.57. The zero-order valence-electron chi connectivity index (χ0n) is 15.2. The Morgan fingerprint density at radius 2 is 1.96 bits per heavy atom. The van der Waals surface area contributed by atoms with E-state index in [1.165, 1.54) is 6.07 Å². The Kier molecular flexibility index (Phi) is 4.97. The summed E-state index contributed by atoms with van der Waals surface area (Å²) in [6.07, 6.45) is 3.85. The van der Waals surface area contributed by atoms with Crippen LogP contribution in [0, 0.1) is 12.7 Å². The highest BCUT2D eigenvalue weighted by atomic mass is 19.3. The molecule has 2 bridgehead atoms. The number of pyridine rings is 1. The van der Waals surface area contributed by atoms with Crippen molar-refractivity contribution in [1.82, 2.24) is 9.88 Å². The Hall–Kier alpha value is -2.61. The monoisotopic (exact) mass is 391 g/mol. The summed E-state index contributed by atoms with van der Waals surface area (Å²) < 4.78 is 42.9. The van der Waals surface area contributed by atoms with E-state index in [9.17, 15) is 18.0 Å². The van der Waals surface area contributed by atoms with Crippen molar-refractivity contribution < 1.29 is 22.7 Å². The summed E-state index contributed by atoms with van der Waals surface area (Å²) in [6, 6.07) is 6.37. The molecule has 5 nitrogen and oxygen atoms in total. The maximum atomic E-state index is 13.5. The number of benzene rings is 1. The van der Waals surface area contributed by atoms with Crippen molar-refractivity contribution in [3.63, 3.8) is 0 Å². The van der Waals surface area contributed by atoms with Gasteiger partial charge in [0.15, 0.2) is 0 Å². The smallest absolute Gasteiger partial charge is 0.319 e. The van der Waals surface area contributed by atoms with Gasteiger partial charge in [0.2, 0.25) is 0 Å². The molecule has 1 aromatic carbocycles. The number of nitrogens with one attached hydrogen (secondary N) is 1. The van der Waals surface area contributed by atoms with Gasteiger partial charge in [0.05, 0.1) is 12.3 Å². The number of rotatable bonds is 4. The Balaban J connectivity index is 1.45. The van der Waals surface area contributed by atoms with Gasteiger partial charge in [-0.2, -0.15) is 8.78 Å². The van der Waals surface area contributed by atoms with Crippen LogP contribution in [0.5, 0.6) is 0 Å². The molecule has 2 aromatic rings. The van der Waals surface area contributed by atoms with Gasteiger partial charge in [-0.1, -0.05) is 6.07 Å². The minimum absolute atomic E-state index is 0.0835. The van der Waals surface area contributed by atoms with E-state index in [4.69, 9.17) is 0 Å². The number of fused-ring (bicyclic) bond motifs is 2. The lowest BCUT2D eigenvalue weighted by Crippen LogP contribution is -2.65. The van der Waals surface area contributed by atoms with E-state index in [1.807, 2.05) is 13.0 Å². The summed E-state index contributed by atoms with van der Waals surface area (Å²) in [4.78, 5) is 18.3. The number of aromatic nitrogens is 1. The van der Waals surface area contributed by atoms with Gasteiger partial charge in [-0.25, -0.2) is 9.18 Å². The number of carbonyl (C=O) groups excluding carboxylic acids is 1. The first-order chi connectivity index (χ1) is 13.4. The van der Waals surface area contributed by atoms with Crippen molar-refractivity contribution in [3.8, 4) is 11.1 Å². The molecule has 0 spiro atoms. The maximum Gasteiger partial charge on any atom is 0.345 e. The molecule has 2 amide bonds. The highest BCUT2D eigenvalue weighted by Crippen LogP contribution is 2.40. The summed E-state index contributed by atoms with van der Waals surface area (Å²) in [6.45, 7) is -0.887. The van der Waals surface area contributed by atoms with Crippen LogP contribution in [-0.2, 0) is 4.74 Å². The van der Waals surface area contributed by atoms with Gasteiger partial charge in [0, 0.05) is 29.5 Å². The first-order valence-corrected chi connectivity index (χ1v) is 9.15. The minimum Gasteiger partial charge on any atom is -0.319 e. The second-order valence-corrected chi connectivity index (χ2v) is 7.29. The Bertz CT molecular complexity index is 881. The molecule has 1 aromatic heterocycles. The molecule has 2 fully saturated rings. The fraction of sp³-hybridized carbons (Fsp3) is 0.400. The zero-order valence-corrected chi connectivity index (χ0v) is 15.2. The number of alkyl halides is 2. The molecule has 0 radical (unpaired) electrons. The summed E-state index contributed by atoms with van der Waals surface area (Å²) >= 11 is 0. The van der Waals surface area contributed by atoms with Gasteiger partial charge in [-0.05, 0) is 55.5 Å². The van der Waals surface area contributed by atoms with Gasteiger partial charge in [-0.15, -0.1) is 0 Å². The lowest BCUT2D eigenvalue weighted by Gasteiger charge is -2.54. The number of nitrogens with zero attached hydrogens (tertiary/aromatic N) is 2. The van der Waals surface area contributed by atoms with Crippen molar-refractivity contribution >= 4 is 11.7 Å². The molecule has 3 heterocycles.